The smallest absolute Gasteiger partial charge is 0.240 e. The minimum atomic E-state index is 0.231. The molecule has 6 heteroatoms. The molecule has 0 unspecified atom stereocenters. The lowest BCUT2D eigenvalue weighted by Gasteiger charge is -2.23. The molecule has 1 saturated heterocycles. The molecule has 0 saturated carbocycles. The van der Waals surface area contributed by atoms with Gasteiger partial charge in [0.15, 0.2) is 0 Å². The van der Waals surface area contributed by atoms with Gasteiger partial charge < -0.3 is 19.7 Å². The van der Waals surface area contributed by atoms with E-state index in [-0.39, 0.29) is 6.54 Å². The Morgan fingerprint density at radius 1 is 1.33 bits per heavy atom. The van der Waals surface area contributed by atoms with Crippen LogP contribution in [-0.4, -0.2) is 30.5 Å². The highest BCUT2D eigenvalue weighted by Gasteiger charge is 2.19. The summed E-state index contributed by atoms with van der Waals surface area (Å²) < 4.78 is 15.9. The fourth-order valence-corrected chi connectivity index (χ4v) is 2.63. The van der Waals surface area contributed by atoms with Crippen LogP contribution in [0.5, 0.6) is 5.75 Å². The Labute approximate surface area is 123 Å². The summed E-state index contributed by atoms with van der Waals surface area (Å²) in [7, 11) is 1.64. The average Bonchev–Trinajstić information content (AvgIpc) is 3.04. The Morgan fingerprint density at radius 3 is 2.81 bits per heavy atom. The molecule has 2 aromatic rings. The van der Waals surface area contributed by atoms with Crippen LogP contribution in [0.15, 0.2) is 22.7 Å². The van der Waals surface area contributed by atoms with Crippen molar-refractivity contribution >= 4 is 0 Å². The van der Waals surface area contributed by atoms with Crippen LogP contribution in [-0.2, 0) is 11.3 Å². The summed E-state index contributed by atoms with van der Waals surface area (Å²) >= 11 is 0. The van der Waals surface area contributed by atoms with Gasteiger partial charge in [0.05, 0.1) is 19.2 Å². The normalized spacial score (nSPS) is 16.1. The van der Waals surface area contributed by atoms with Crippen LogP contribution >= 0.6 is 0 Å². The molecule has 0 radical (unpaired) electrons. The molecule has 112 valence electrons. The number of aromatic nitrogens is 2. The van der Waals surface area contributed by atoms with E-state index in [0.717, 1.165) is 37.4 Å². The Hall–Kier alpha value is -1.92. The van der Waals surface area contributed by atoms with Crippen molar-refractivity contribution in [2.45, 2.75) is 25.3 Å². The van der Waals surface area contributed by atoms with Gasteiger partial charge in [0, 0.05) is 13.2 Å². The summed E-state index contributed by atoms with van der Waals surface area (Å²) in [5.41, 5.74) is 7.61. The molecule has 1 aliphatic heterocycles. The van der Waals surface area contributed by atoms with Crippen molar-refractivity contribution in [2.75, 3.05) is 20.3 Å². The third kappa shape index (κ3) is 2.91. The number of hydrogen-bond acceptors (Lipinski definition) is 6. The zero-order valence-electron chi connectivity index (χ0n) is 12.0. The van der Waals surface area contributed by atoms with Gasteiger partial charge in [0.25, 0.3) is 0 Å². The quantitative estimate of drug-likeness (QED) is 0.928. The van der Waals surface area contributed by atoms with Crippen LogP contribution in [0.2, 0.25) is 0 Å². The van der Waals surface area contributed by atoms with Crippen LogP contribution in [0.1, 0.15) is 30.2 Å². The molecule has 0 bridgehead atoms. The van der Waals surface area contributed by atoms with Crippen molar-refractivity contribution in [3.05, 3.63) is 29.7 Å². The molecule has 3 rings (SSSR count). The van der Waals surface area contributed by atoms with Gasteiger partial charge in [0.1, 0.15) is 5.75 Å². The first-order chi connectivity index (χ1) is 10.3. The third-order valence-corrected chi connectivity index (χ3v) is 3.80. The highest BCUT2D eigenvalue weighted by Crippen LogP contribution is 2.34. The van der Waals surface area contributed by atoms with Crippen molar-refractivity contribution in [3.63, 3.8) is 0 Å². The SMILES string of the molecule is COc1ccc(C2CCOCC2)cc1-c1noc(CN)n1. The first-order valence-electron chi connectivity index (χ1n) is 7.10. The molecule has 1 aromatic carbocycles. The number of hydrogen-bond donors (Lipinski definition) is 1. The Bertz CT molecular complexity index is 606. The number of nitrogens with two attached hydrogens (primary N) is 1. The van der Waals surface area contributed by atoms with Gasteiger partial charge in [0.2, 0.25) is 11.7 Å². The second kappa shape index (κ2) is 6.24. The van der Waals surface area contributed by atoms with Crippen molar-refractivity contribution in [1.82, 2.24) is 10.1 Å². The molecule has 2 heterocycles. The molecule has 1 aliphatic rings. The molecule has 21 heavy (non-hydrogen) atoms. The van der Waals surface area contributed by atoms with Gasteiger partial charge in [-0.1, -0.05) is 11.2 Å². The van der Waals surface area contributed by atoms with E-state index in [0.29, 0.717) is 17.6 Å². The molecule has 2 N–H and O–H groups in total. The predicted octanol–water partition coefficient (Wildman–Crippen LogP) is 2.10. The van der Waals surface area contributed by atoms with E-state index >= 15 is 0 Å². The minimum Gasteiger partial charge on any atom is -0.496 e. The van der Waals surface area contributed by atoms with Gasteiger partial charge in [-0.3, -0.25) is 0 Å². The molecule has 1 aromatic heterocycles. The zero-order chi connectivity index (χ0) is 14.7. The van der Waals surface area contributed by atoms with E-state index in [4.69, 9.17) is 19.7 Å². The summed E-state index contributed by atoms with van der Waals surface area (Å²) in [6.45, 7) is 1.85. The summed E-state index contributed by atoms with van der Waals surface area (Å²) in [5, 5.41) is 3.98. The van der Waals surface area contributed by atoms with Gasteiger partial charge in [-0.05, 0) is 36.5 Å². The van der Waals surface area contributed by atoms with E-state index in [2.05, 4.69) is 22.3 Å². The summed E-state index contributed by atoms with van der Waals surface area (Å²) in [6, 6.07) is 6.14. The number of methoxy groups -OCH3 is 1. The molecule has 0 aliphatic carbocycles. The van der Waals surface area contributed by atoms with E-state index in [1.54, 1.807) is 7.11 Å². The summed E-state index contributed by atoms with van der Waals surface area (Å²) in [5.74, 6) is 2.17. The summed E-state index contributed by atoms with van der Waals surface area (Å²) in [6.07, 6.45) is 2.07. The van der Waals surface area contributed by atoms with Crippen molar-refractivity contribution in [1.29, 1.82) is 0 Å². The maximum atomic E-state index is 5.52. The molecule has 0 atom stereocenters. The predicted molar refractivity (Wildman–Crippen MR) is 77.0 cm³/mol. The number of nitrogens with zero attached hydrogens (tertiary/aromatic N) is 2. The second-order valence-electron chi connectivity index (χ2n) is 5.06. The van der Waals surface area contributed by atoms with Crippen molar-refractivity contribution in [3.8, 4) is 17.1 Å². The van der Waals surface area contributed by atoms with Gasteiger partial charge >= 0.3 is 0 Å². The first kappa shape index (κ1) is 14.0. The monoisotopic (exact) mass is 289 g/mol. The molecular formula is C15H19N3O3. The lowest BCUT2D eigenvalue weighted by molar-refractivity contribution is 0.0853. The lowest BCUT2D eigenvalue weighted by atomic mass is 9.90. The van der Waals surface area contributed by atoms with Crippen LogP contribution in [0.3, 0.4) is 0 Å². The maximum Gasteiger partial charge on any atom is 0.240 e. The molecular weight excluding hydrogens is 270 g/mol. The van der Waals surface area contributed by atoms with Crippen molar-refractivity contribution in [2.24, 2.45) is 5.73 Å². The van der Waals surface area contributed by atoms with E-state index in [1.165, 1.54) is 5.56 Å². The first-order valence-corrected chi connectivity index (χ1v) is 7.10. The van der Waals surface area contributed by atoms with Gasteiger partial charge in [-0.15, -0.1) is 0 Å². The summed E-state index contributed by atoms with van der Waals surface area (Å²) in [4.78, 5) is 4.29. The van der Waals surface area contributed by atoms with E-state index < -0.39 is 0 Å². The van der Waals surface area contributed by atoms with Crippen LogP contribution in [0.25, 0.3) is 11.4 Å². The van der Waals surface area contributed by atoms with Crippen LogP contribution in [0.4, 0.5) is 0 Å². The fraction of sp³-hybridized carbons (Fsp3) is 0.467. The van der Waals surface area contributed by atoms with Crippen LogP contribution in [0, 0.1) is 0 Å². The standard InChI is InChI=1S/C15H19N3O3/c1-19-13-3-2-11(10-4-6-20-7-5-10)8-12(13)15-17-14(9-16)21-18-15/h2-3,8,10H,4-7,9,16H2,1H3. The van der Waals surface area contributed by atoms with Crippen molar-refractivity contribution < 1.29 is 14.0 Å². The fourth-order valence-electron chi connectivity index (χ4n) is 2.63. The highest BCUT2D eigenvalue weighted by molar-refractivity contribution is 5.65. The second-order valence-corrected chi connectivity index (χ2v) is 5.06. The number of ether oxygens (including phenoxy) is 2. The average molecular weight is 289 g/mol. The zero-order valence-corrected chi connectivity index (χ0v) is 12.0. The third-order valence-electron chi connectivity index (χ3n) is 3.80. The Balaban J connectivity index is 1.96. The number of rotatable bonds is 4. The highest BCUT2D eigenvalue weighted by atomic mass is 16.5. The Kier molecular flexibility index (Phi) is 4.17. The van der Waals surface area contributed by atoms with E-state index in [1.807, 2.05) is 6.07 Å². The molecule has 6 nitrogen and oxygen atoms in total. The largest absolute Gasteiger partial charge is 0.496 e. The van der Waals surface area contributed by atoms with Gasteiger partial charge in [-0.2, -0.15) is 4.98 Å². The van der Waals surface area contributed by atoms with Crippen LogP contribution < -0.4 is 10.5 Å². The van der Waals surface area contributed by atoms with Gasteiger partial charge in [-0.25, -0.2) is 0 Å². The molecule has 0 amide bonds. The van der Waals surface area contributed by atoms with E-state index in [9.17, 15) is 0 Å². The number of benzene rings is 1. The maximum absolute atomic E-state index is 5.52. The minimum absolute atomic E-state index is 0.231. The molecule has 1 fully saturated rings. The topological polar surface area (TPSA) is 83.4 Å². The Morgan fingerprint density at radius 2 is 2.14 bits per heavy atom. The lowest BCUT2D eigenvalue weighted by Crippen LogP contribution is -2.14. The molecule has 0 spiro atoms.